The Morgan fingerprint density at radius 3 is 2.83 bits per heavy atom. The van der Waals surface area contributed by atoms with E-state index in [4.69, 9.17) is 9.72 Å². The van der Waals surface area contributed by atoms with E-state index < -0.39 is 11.4 Å². The van der Waals surface area contributed by atoms with Gasteiger partial charge in [0.05, 0.1) is 24.4 Å². The van der Waals surface area contributed by atoms with Gasteiger partial charge < -0.3 is 14.7 Å². The number of aromatic nitrogens is 1. The number of hydrogen-bond donors (Lipinski definition) is 1. The molecule has 2 aliphatic rings. The van der Waals surface area contributed by atoms with Crippen LogP contribution in [0.1, 0.15) is 46.7 Å². The highest BCUT2D eigenvalue weighted by Crippen LogP contribution is 2.34. The maximum Gasteiger partial charge on any atom is 0.256 e. The first-order chi connectivity index (χ1) is 14.5. The third kappa shape index (κ3) is 4.42. The van der Waals surface area contributed by atoms with Crippen LogP contribution in [0.25, 0.3) is 0 Å². The minimum Gasteiger partial charge on any atom is -0.383 e. The molecule has 0 saturated carbocycles. The smallest absolute Gasteiger partial charge is 0.256 e. The highest BCUT2D eigenvalue weighted by Gasteiger charge is 2.38. The quantitative estimate of drug-likeness (QED) is 0.759. The number of thiazole rings is 1. The Hall–Kier alpha value is -1.87. The van der Waals surface area contributed by atoms with Crippen LogP contribution in [0.3, 0.4) is 0 Å². The molecular formula is C22H28FN3O3S. The summed E-state index contributed by atoms with van der Waals surface area (Å²) in [6.07, 6.45) is 3.10. The van der Waals surface area contributed by atoms with Gasteiger partial charge in [-0.2, -0.15) is 0 Å². The molecule has 1 aromatic heterocycles. The van der Waals surface area contributed by atoms with Crippen molar-refractivity contribution >= 4 is 17.2 Å². The van der Waals surface area contributed by atoms with Crippen LogP contribution >= 0.6 is 11.3 Å². The molecule has 4 rings (SSSR count). The fourth-order valence-corrected chi connectivity index (χ4v) is 5.31. The molecule has 30 heavy (non-hydrogen) atoms. The van der Waals surface area contributed by atoms with Crippen molar-refractivity contribution in [1.82, 2.24) is 14.8 Å². The SMILES string of the molecule is COC[C@H]1CCCN1Cc1nc(C2(O)CCN(C(=O)c3ccccc3F)CC2)cs1. The summed E-state index contributed by atoms with van der Waals surface area (Å²) in [5.74, 6) is -0.839. The van der Waals surface area contributed by atoms with Crippen molar-refractivity contribution < 1.29 is 19.0 Å². The van der Waals surface area contributed by atoms with Gasteiger partial charge in [-0.1, -0.05) is 12.1 Å². The van der Waals surface area contributed by atoms with Gasteiger partial charge in [-0.15, -0.1) is 11.3 Å². The Labute approximate surface area is 180 Å². The van der Waals surface area contributed by atoms with Crippen molar-refractivity contribution in [3.05, 3.63) is 51.7 Å². The topological polar surface area (TPSA) is 65.9 Å². The summed E-state index contributed by atoms with van der Waals surface area (Å²) in [6.45, 7) is 3.29. The van der Waals surface area contributed by atoms with Gasteiger partial charge in [0.25, 0.3) is 5.91 Å². The van der Waals surface area contributed by atoms with Crippen LogP contribution in [-0.2, 0) is 16.9 Å². The zero-order chi connectivity index (χ0) is 21.1. The fraction of sp³-hybridized carbons (Fsp3) is 0.545. The van der Waals surface area contributed by atoms with E-state index in [1.54, 1.807) is 35.5 Å². The highest BCUT2D eigenvalue weighted by atomic mass is 32.1. The Morgan fingerprint density at radius 1 is 1.33 bits per heavy atom. The van der Waals surface area contributed by atoms with Crippen LogP contribution in [0.15, 0.2) is 29.6 Å². The summed E-state index contributed by atoms with van der Waals surface area (Å²) >= 11 is 1.57. The molecule has 8 heteroatoms. The maximum atomic E-state index is 13.9. The first-order valence-corrected chi connectivity index (χ1v) is 11.3. The molecule has 3 heterocycles. The molecular weight excluding hydrogens is 405 g/mol. The first-order valence-electron chi connectivity index (χ1n) is 10.4. The summed E-state index contributed by atoms with van der Waals surface area (Å²) < 4.78 is 19.3. The van der Waals surface area contributed by atoms with E-state index in [-0.39, 0.29) is 11.5 Å². The van der Waals surface area contributed by atoms with E-state index in [0.717, 1.165) is 31.1 Å². The lowest BCUT2D eigenvalue weighted by Crippen LogP contribution is -2.45. The number of nitrogens with zero attached hydrogens (tertiary/aromatic N) is 3. The second-order valence-corrected chi connectivity index (χ2v) is 9.09. The number of amides is 1. The molecule has 2 aliphatic heterocycles. The molecule has 1 atom stereocenters. The second-order valence-electron chi connectivity index (χ2n) is 8.15. The number of aliphatic hydroxyl groups is 1. The van der Waals surface area contributed by atoms with E-state index >= 15 is 0 Å². The van der Waals surface area contributed by atoms with Gasteiger partial charge in [-0.25, -0.2) is 9.37 Å². The number of piperidine rings is 1. The predicted octanol–water partition coefficient (Wildman–Crippen LogP) is 3.02. The monoisotopic (exact) mass is 433 g/mol. The van der Waals surface area contributed by atoms with Crippen molar-refractivity contribution in [3.63, 3.8) is 0 Å². The molecule has 1 N–H and O–H groups in total. The lowest BCUT2D eigenvalue weighted by molar-refractivity contribution is -0.0242. The lowest BCUT2D eigenvalue weighted by atomic mass is 9.88. The van der Waals surface area contributed by atoms with Crippen molar-refractivity contribution in [3.8, 4) is 0 Å². The number of ether oxygens (including phenoxy) is 1. The van der Waals surface area contributed by atoms with E-state index in [9.17, 15) is 14.3 Å². The van der Waals surface area contributed by atoms with E-state index in [0.29, 0.717) is 37.7 Å². The summed E-state index contributed by atoms with van der Waals surface area (Å²) in [7, 11) is 1.73. The zero-order valence-corrected chi connectivity index (χ0v) is 18.0. The predicted molar refractivity (Wildman–Crippen MR) is 113 cm³/mol. The van der Waals surface area contributed by atoms with Crippen molar-refractivity contribution in [2.75, 3.05) is 33.4 Å². The Bertz CT molecular complexity index is 882. The molecule has 2 fully saturated rings. The number of hydrogen-bond acceptors (Lipinski definition) is 6. The number of carbonyl (C=O) groups is 1. The number of benzene rings is 1. The maximum absolute atomic E-state index is 13.9. The average molecular weight is 434 g/mol. The van der Waals surface area contributed by atoms with Gasteiger partial charge in [0.15, 0.2) is 0 Å². The Morgan fingerprint density at radius 2 is 2.10 bits per heavy atom. The Kier molecular flexibility index (Phi) is 6.48. The molecule has 2 aromatic rings. The van der Waals surface area contributed by atoms with E-state index in [1.165, 1.54) is 18.6 Å². The fourth-order valence-electron chi connectivity index (χ4n) is 4.40. The van der Waals surface area contributed by atoms with Gasteiger partial charge in [0.1, 0.15) is 16.4 Å². The molecule has 0 radical (unpaired) electrons. The second kappa shape index (κ2) is 9.09. The van der Waals surface area contributed by atoms with Crippen LogP contribution in [0.4, 0.5) is 4.39 Å². The molecule has 0 spiro atoms. The number of carbonyl (C=O) groups excluding carboxylic acids is 1. The Balaban J connectivity index is 1.38. The van der Waals surface area contributed by atoms with Gasteiger partial charge >= 0.3 is 0 Å². The van der Waals surface area contributed by atoms with Crippen LogP contribution in [0, 0.1) is 5.82 Å². The minimum atomic E-state index is -1.04. The van der Waals surface area contributed by atoms with E-state index in [2.05, 4.69) is 4.90 Å². The summed E-state index contributed by atoms with van der Waals surface area (Å²) in [5, 5.41) is 14.1. The summed E-state index contributed by atoms with van der Waals surface area (Å²) in [4.78, 5) is 21.4. The normalized spacial score (nSPS) is 21.8. The number of rotatable bonds is 6. The third-order valence-corrected chi connectivity index (χ3v) is 7.04. The molecule has 2 saturated heterocycles. The standard InChI is InChI=1S/C22H28FN3O3S/c1-29-14-16-5-4-10-26(16)13-20-24-19(15-30-20)22(28)8-11-25(12-9-22)21(27)17-6-2-3-7-18(17)23/h2-3,6-7,15-16,28H,4-5,8-14H2,1H3/t16-/m1/s1. The van der Waals surface area contributed by atoms with Crippen LogP contribution in [0.2, 0.25) is 0 Å². The van der Waals surface area contributed by atoms with Crippen molar-refractivity contribution in [1.29, 1.82) is 0 Å². The molecule has 1 amide bonds. The summed E-state index contributed by atoms with van der Waals surface area (Å²) in [6, 6.07) is 6.45. The van der Waals surface area contributed by atoms with Gasteiger partial charge in [0.2, 0.25) is 0 Å². The molecule has 1 aromatic carbocycles. The molecule has 0 bridgehead atoms. The lowest BCUT2D eigenvalue weighted by Gasteiger charge is -2.37. The minimum absolute atomic E-state index is 0.0788. The number of methoxy groups -OCH3 is 1. The van der Waals surface area contributed by atoms with Gasteiger partial charge in [-0.3, -0.25) is 9.69 Å². The van der Waals surface area contributed by atoms with Gasteiger partial charge in [-0.05, 0) is 44.4 Å². The third-order valence-electron chi connectivity index (χ3n) is 6.21. The molecule has 6 nitrogen and oxygen atoms in total. The molecule has 0 unspecified atom stereocenters. The zero-order valence-electron chi connectivity index (χ0n) is 17.2. The average Bonchev–Trinajstić information content (AvgIpc) is 3.39. The first kappa shape index (κ1) is 21.4. The van der Waals surface area contributed by atoms with Crippen molar-refractivity contribution in [2.45, 2.75) is 43.9 Å². The van der Waals surface area contributed by atoms with E-state index in [1.807, 2.05) is 5.38 Å². The van der Waals surface area contributed by atoms with Gasteiger partial charge in [0, 0.05) is 31.6 Å². The van der Waals surface area contributed by atoms with Crippen molar-refractivity contribution in [2.24, 2.45) is 0 Å². The van der Waals surface area contributed by atoms with Crippen LogP contribution < -0.4 is 0 Å². The molecule has 0 aliphatic carbocycles. The number of halogens is 1. The highest BCUT2D eigenvalue weighted by molar-refractivity contribution is 7.09. The van der Waals surface area contributed by atoms with Crippen LogP contribution in [-0.4, -0.2) is 65.2 Å². The number of likely N-dealkylation sites (tertiary alicyclic amines) is 2. The molecule has 162 valence electrons. The largest absolute Gasteiger partial charge is 0.383 e. The summed E-state index contributed by atoms with van der Waals surface area (Å²) in [5.41, 5.74) is -0.282. The van der Waals surface area contributed by atoms with Crippen LogP contribution in [0.5, 0.6) is 0 Å².